The van der Waals surface area contributed by atoms with Crippen LogP contribution in [0.5, 0.6) is 11.5 Å². The first-order valence-electron chi connectivity index (χ1n) is 7.13. The third kappa shape index (κ3) is 3.30. The first kappa shape index (κ1) is 15.2. The minimum Gasteiger partial charge on any atom is -0.504 e. The molecular formula is C18H23NO2. The molecule has 0 aliphatic rings. The fourth-order valence-electron chi connectivity index (χ4n) is 2.98. The number of benzene rings is 2. The highest BCUT2D eigenvalue weighted by Gasteiger charge is 2.13. The lowest BCUT2D eigenvalue weighted by Gasteiger charge is -2.21. The molecule has 0 aliphatic heterocycles. The summed E-state index contributed by atoms with van der Waals surface area (Å²) in [5.41, 5.74) is 6.02. The molecule has 21 heavy (non-hydrogen) atoms. The van der Waals surface area contributed by atoms with Crippen LogP contribution in [0, 0.1) is 20.8 Å². The summed E-state index contributed by atoms with van der Waals surface area (Å²) in [4.78, 5) is 0. The normalized spacial score (nSPS) is 12.0. The van der Waals surface area contributed by atoms with E-state index in [0.717, 1.165) is 5.69 Å². The zero-order valence-corrected chi connectivity index (χ0v) is 13.3. The number of nitrogens with one attached hydrogen (secondary N) is 1. The predicted octanol–water partition coefficient (Wildman–Crippen LogP) is 4.50. The third-order valence-electron chi connectivity index (χ3n) is 3.73. The molecule has 0 saturated carbocycles. The first-order chi connectivity index (χ1) is 9.92. The highest BCUT2D eigenvalue weighted by atomic mass is 16.5. The molecule has 112 valence electrons. The van der Waals surface area contributed by atoms with Crippen molar-refractivity contribution in [2.75, 3.05) is 12.4 Å². The van der Waals surface area contributed by atoms with Gasteiger partial charge in [-0.3, -0.25) is 0 Å². The molecule has 0 bridgehead atoms. The van der Waals surface area contributed by atoms with Gasteiger partial charge >= 0.3 is 0 Å². The minimum absolute atomic E-state index is 0.145. The molecule has 2 aromatic carbocycles. The van der Waals surface area contributed by atoms with E-state index < -0.39 is 0 Å². The molecule has 0 heterocycles. The zero-order valence-electron chi connectivity index (χ0n) is 13.3. The minimum atomic E-state index is 0.145. The summed E-state index contributed by atoms with van der Waals surface area (Å²) in [5.74, 6) is 0.628. The SMILES string of the molecule is COc1ccc(NC(C)c2c(C)cc(C)cc2C)cc1O. The quantitative estimate of drug-likeness (QED) is 0.869. The summed E-state index contributed by atoms with van der Waals surface area (Å²) < 4.78 is 5.06. The topological polar surface area (TPSA) is 41.5 Å². The lowest BCUT2D eigenvalue weighted by atomic mass is 9.95. The Bertz CT molecular complexity index is 627. The maximum absolute atomic E-state index is 9.86. The fraction of sp³-hybridized carbons (Fsp3) is 0.333. The van der Waals surface area contributed by atoms with Crippen LogP contribution in [0.15, 0.2) is 30.3 Å². The average molecular weight is 285 g/mol. The Labute approximate surface area is 126 Å². The molecule has 3 nitrogen and oxygen atoms in total. The van der Waals surface area contributed by atoms with Crippen LogP contribution in [-0.2, 0) is 0 Å². The Balaban J connectivity index is 2.26. The van der Waals surface area contributed by atoms with Crippen molar-refractivity contribution in [3.8, 4) is 11.5 Å². The number of aromatic hydroxyl groups is 1. The number of phenolic OH excluding ortho intramolecular Hbond substituents is 1. The second kappa shape index (κ2) is 6.08. The van der Waals surface area contributed by atoms with Gasteiger partial charge in [-0.2, -0.15) is 0 Å². The van der Waals surface area contributed by atoms with E-state index in [-0.39, 0.29) is 11.8 Å². The van der Waals surface area contributed by atoms with Crippen LogP contribution < -0.4 is 10.1 Å². The van der Waals surface area contributed by atoms with Crippen LogP contribution in [-0.4, -0.2) is 12.2 Å². The van der Waals surface area contributed by atoms with E-state index in [1.807, 2.05) is 6.07 Å². The van der Waals surface area contributed by atoms with Crippen LogP contribution in [0.25, 0.3) is 0 Å². The van der Waals surface area contributed by atoms with Gasteiger partial charge in [-0.05, 0) is 56.5 Å². The molecule has 0 aliphatic carbocycles. The van der Waals surface area contributed by atoms with Gasteiger partial charge in [-0.15, -0.1) is 0 Å². The standard InChI is InChI=1S/C18H23NO2/c1-11-8-12(2)18(13(3)9-11)14(4)19-15-6-7-17(21-5)16(20)10-15/h6-10,14,19-20H,1-5H3. The number of aryl methyl sites for hydroxylation is 3. The largest absolute Gasteiger partial charge is 0.504 e. The molecule has 0 spiro atoms. The van der Waals surface area contributed by atoms with Gasteiger partial charge in [-0.1, -0.05) is 17.7 Å². The van der Waals surface area contributed by atoms with Crippen LogP contribution in [0.4, 0.5) is 5.69 Å². The Morgan fingerprint density at radius 1 is 1.05 bits per heavy atom. The van der Waals surface area contributed by atoms with Crippen LogP contribution >= 0.6 is 0 Å². The Kier molecular flexibility index (Phi) is 4.41. The van der Waals surface area contributed by atoms with Crippen molar-refractivity contribution in [2.45, 2.75) is 33.7 Å². The molecular weight excluding hydrogens is 262 g/mol. The molecule has 3 heteroatoms. The van der Waals surface area contributed by atoms with Crippen molar-refractivity contribution in [3.63, 3.8) is 0 Å². The maximum atomic E-state index is 9.86. The molecule has 2 rings (SSSR count). The molecule has 0 saturated heterocycles. The van der Waals surface area contributed by atoms with Crippen molar-refractivity contribution in [1.82, 2.24) is 0 Å². The Hall–Kier alpha value is -2.16. The van der Waals surface area contributed by atoms with E-state index in [2.05, 4.69) is 45.1 Å². The van der Waals surface area contributed by atoms with E-state index in [9.17, 15) is 5.11 Å². The predicted molar refractivity (Wildman–Crippen MR) is 87.3 cm³/mol. The zero-order chi connectivity index (χ0) is 15.6. The molecule has 2 N–H and O–H groups in total. The van der Waals surface area contributed by atoms with E-state index in [1.165, 1.54) is 22.3 Å². The number of hydrogen-bond donors (Lipinski definition) is 2. The maximum Gasteiger partial charge on any atom is 0.160 e. The van der Waals surface area contributed by atoms with Crippen molar-refractivity contribution in [3.05, 3.63) is 52.6 Å². The number of phenols is 1. The number of ether oxygens (including phenoxy) is 1. The Morgan fingerprint density at radius 3 is 2.19 bits per heavy atom. The summed E-state index contributed by atoms with van der Waals surface area (Å²) in [6.45, 7) is 8.52. The third-order valence-corrected chi connectivity index (χ3v) is 3.73. The molecule has 0 amide bonds. The number of rotatable bonds is 4. The summed E-state index contributed by atoms with van der Waals surface area (Å²) in [6, 6.07) is 9.93. The van der Waals surface area contributed by atoms with Crippen molar-refractivity contribution in [2.24, 2.45) is 0 Å². The lowest BCUT2D eigenvalue weighted by Crippen LogP contribution is -2.10. The summed E-state index contributed by atoms with van der Waals surface area (Å²) in [7, 11) is 1.55. The number of anilines is 1. The molecule has 2 aromatic rings. The van der Waals surface area contributed by atoms with E-state index in [1.54, 1.807) is 19.2 Å². The van der Waals surface area contributed by atoms with Gasteiger partial charge in [-0.25, -0.2) is 0 Å². The highest BCUT2D eigenvalue weighted by molar-refractivity contribution is 5.56. The Morgan fingerprint density at radius 2 is 1.67 bits per heavy atom. The smallest absolute Gasteiger partial charge is 0.160 e. The molecule has 1 atom stereocenters. The number of hydrogen-bond acceptors (Lipinski definition) is 3. The van der Waals surface area contributed by atoms with Gasteiger partial charge in [0.05, 0.1) is 7.11 Å². The molecule has 0 radical (unpaired) electrons. The van der Waals surface area contributed by atoms with Crippen molar-refractivity contribution < 1.29 is 9.84 Å². The van der Waals surface area contributed by atoms with Crippen LogP contribution in [0.1, 0.15) is 35.2 Å². The second-order valence-corrected chi connectivity index (χ2v) is 5.57. The van der Waals surface area contributed by atoms with Crippen molar-refractivity contribution >= 4 is 5.69 Å². The van der Waals surface area contributed by atoms with Gasteiger partial charge < -0.3 is 15.2 Å². The average Bonchev–Trinajstić information content (AvgIpc) is 2.37. The van der Waals surface area contributed by atoms with E-state index >= 15 is 0 Å². The molecule has 1 unspecified atom stereocenters. The summed E-state index contributed by atoms with van der Waals surface area (Å²) >= 11 is 0. The van der Waals surface area contributed by atoms with Crippen molar-refractivity contribution in [1.29, 1.82) is 0 Å². The van der Waals surface area contributed by atoms with Crippen LogP contribution in [0.2, 0.25) is 0 Å². The monoisotopic (exact) mass is 285 g/mol. The van der Waals surface area contributed by atoms with Gasteiger partial charge in [0.25, 0.3) is 0 Å². The molecule has 0 aromatic heterocycles. The fourth-order valence-corrected chi connectivity index (χ4v) is 2.98. The highest BCUT2D eigenvalue weighted by Crippen LogP contribution is 2.31. The first-order valence-corrected chi connectivity index (χ1v) is 7.13. The van der Waals surface area contributed by atoms with Crippen LogP contribution in [0.3, 0.4) is 0 Å². The summed E-state index contributed by atoms with van der Waals surface area (Å²) in [5, 5.41) is 13.3. The lowest BCUT2D eigenvalue weighted by molar-refractivity contribution is 0.373. The number of methoxy groups -OCH3 is 1. The summed E-state index contributed by atoms with van der Waals surface area (Å²) in [6.07, 6.45) is 0. The van der Waals surface area contributed by atoms with E-state index in [4.69, 9.17) is 4.74 Å². The van der Waals surface area contributed by atoms with Gasteiger partial charge in [0.15, 0.2) is 11.5 Å². The van der Waals surface area contributed by atoms with Gasteiger partial charge in [0, 0.05) is 17.8 Å². The van der Waals surface area contributed by atoms with Gasteiger partial charge in [0.2, 0.25) is 0 Å². The second-order valence-electron chi connectivity index (χ2n) is 5.57. The van der Waals surface area contributed by atoms with E-state index in [0.29, 0.717) is 5.75 Å². The van der Waals surface area contributed by atoms with Gasteiger partial charge in [0.1, 0.15) is 0 Å². The molecule has 0 fully saturated rings.